The molecule has 1 aliphatic rings. The highest BCUT2D eigenvalue weighted by Gasteiger charge is 2.27. The van der Waals surface area contributed by atoms with Gasteiger partial charge in [0.2, 0.25) is 0 Å². The summed E-state index contributed by atoms with van der Waals surface area (Å²) in [6.45, 7) is 3.67. The molecule has 3 aromatic rings. The van der Waals surface area contributed by atoms with E-state index in [0.29, 0.717) is 17.1 Å². The van der Waals surface area contributed by atoms with E-state index in [0.717, 1.165) is 37.6 Å². The van der Waals surface area contributed by atoms with Crippen LogP contribution in [0.1, 0.15) is 22.2 Å². The third-order valence-corrected chi connectivity index (χ3v) is 5.63. The van der Waals surface area contributed by atoms with Crippen LogP contribution in [-0.4, -0.2) is 43.5 Å². The molecule has 4 rings (SSSR count). The summed E-state index contributed by atoms with van der Waals surface area (Å²) in [5, 5.41) is 3.61. The van der Waals surface area contributed by atoms with Crippen LogP contribution in [0, 0.1) is 5.82 Å². The maximum atomic E-state index is 13.2. The van der Waals surface area contributed by atoms with Crippen molar-refractivity contribution in [1.29, 1.82) is 0 Å². The first-order valence-corrected chi connectivity index (χ1v) is 10.3. The SMILES string of the molecule is O=C(NC[C@H](c1ccco1)N1CCN(c2ccc(F)cc2)CC1)c1ccc(Cl)cc1. The number of anilines is 1. The second-order valence-electron chi connectivity index (χ2n) is 7.25. The molecule has 0 bridgehead atoms. The van der Waals surface area contributed by atoms with E-state index in [-0.39, 0.29) is 17.8 Å². The zero-order valence-corrected chi connectivity index (χ0v) is 17.2. The number of amides is 1. The molecule has 1 N–H and O–H groups in total. The van der Waals surface area contributed by atoms with Crippen LogP contribution >= 0.6 is 11.6 Å². The lowest BCUT2D eigenvalue weighted by Gasteiger charge is -2.39. The molecule has 1 atom stereocenters. The maximum Gasteiger partial charge on any atom is 0.251 e. The van der Waals surface area contributed by atoms with Gasteiger partial charge in [-0.2, -0.15) is 0 Å². The van der Waals surface area contributed by atoms with E-state index in [1.54, 1.807) is 42.7 Å². The topological polar surface area (TPSA) is 48.7 Å². The molecule has 0 spiro atoms. The van der Waals surface area contributed by atoms with Crippen LogP contribution in [0.25, 0.3) is 0 Å². The van der Waals surface area contributed by atoms with E-state index in [4.69, 9.17) is 16.0 Å². The molecule has 0 unspecified atom stereocenters. The molecule has 0 aliphatic carbocycles. The highest BCUT2D eigenvalue weighted by atomic mass is 35.5. The number of carbonyl (C=O) groups excluding carboxylic acids is 1. The highest BCUT2D eigenvalue weighted by molar-refractivity contribution is 6.30. The van der Waals surface area contributed by atoms with Crippen molar-refractivity contribution in [2.75, 3.05) is 37.6 Å². The fourth-order valence-corrected chi connectivity index (χ4v) is 3.85. The van der Waals surface area contributed by atoms with E-state index < -0.39 is 0 Å². The molecule has 1 saturated heterocycles. The number of nitrogens with zero attached hydrogens (tertiary/aromatic N) is 2. The number of furan rings is 1. The van der Waals surface area contributed by atoms with Gasteiger partial charge in [-0.3, -0.25) is 9.69 Å². The van der Waals surface area contributed by atoms with Gasteiger partial charge in [0, 0.05) is 49.0 Å². The number of hydrogen-bond acceptors (Lipinski definition) is 4. The van der Waals surface area contributed by atoms with Crippen molar-refractivity contribution >= 4 is 23.2 Å². The fraction of sp³-hybridized carbons (Fsp3) is 0.261. The van der Waals surface area contributed by atoms with Gasteiger partial charge in [-0.1, -0.05) is 11.6 Å². The van der Waals surface area contributed by atoms with Crippen LogP contribution < -0.4 is 10.2 Å². The van der Waals surface area contributed by atoms with E-state index in [1.807, 2.05) is 12.1 Å². The third-order valence-electron chi connectivity index (χ3n) is 5.38. The quantitative estimate of drug-likeness (QED) is 0.634. The first-order valence-electron chi connectivity index (χ1n) is 9.92. The second kappa shape index (κ2) is 9.32. The Morgan fingerprint density at radius 2 is 1.73 bits per heavy atom. The monoisotopic (exact) mass is 427 g/mol. The Labute approximate surface area is 180 Å². The van der Waals surface area contributed by atoms with Crippen LogP contribution in [0.2, 0.25) is 5.02 Å². The molecule has 156 valence electrons. The average molecular weight is 428 g/mol. The third kappa shape index (κ3) is 4.83. The van der Waals surface area contributed by atoms with Gasteiger partial charge in [0.1, 0.15) is 11.6 Å². The minimum Gasteiger partial charge on any atom is -0.468 e. The Kier molecular flexibility index (Phi) is 6.35. The summed E-state index contributed by atoms with van der Waals surface area (Å²) in [4.78, 5) is 17.1. The number of halogens is 2. The number of nitrogens with one attached hydrogen (secondary N) is 1. The molecule has 2 aromatic carbocycles. The lowest BCUT2D eigenvalue weighted by molar-refractivity contribution is 0.0923. The van der Waals surface area contributed by atoms with Gasteiger partial charge in [0.05, 0.1) is 12.3 Å². The summed E-state index contributed by atoms with van der Waals surface area (Å²) in [7, 11) is 0. The van der Waals surface area contributed by atoms with Gasteiger partial charge in [-0.25, -0.2) is 4.39 Å². The molecular weight excluding hydrogens is 405 g/mol. The fourth-order valence-electron chi connectivity index (χ4n) is 3.73. The van der Waals surface area contributed by atoms with Gasteiger partial charge in [-0.05, 0) is 60.7 Å². The van der Waals surface area contributed by atoms with Crippen molar-refractivity contribution < 1.29 is 13.6 Å². The zero-order valence-electron chi connectivity index (χ0n) is 16.4. The smallest absolute Gasteiger partial charge is 0.251 e. The molecule has 7 heteroatoms. The van der Waals surface area contributed by atoms with E-state index in [2.05, 4.69) is 15.1 Å². The van der Waals surface area contributed by atoms with Crippen LogP contribution in [0.3, 0.4) is 0 Å². The molecular formula is C23H23ClFN3O2. The van der Waals surface area contributed by atoms with Gasteiger partial charge in [-0.15, -0.1) is 0 Å². The van der Waals surface area contributed by atoms with Crippen molar-refractivity contribution in [1.82, 2.24) is 10.2 Å². The summed E-state index contributed by atoms with van der Waals surface area (Å²) in [6.07, 6.45) is 1.65. The Hall–Kier alpha value is -2.83. The van der Waals surface area contributed by atoms with Crippen molar-refractivity contribution in [3.05, 3.63) is 89.1 Å². The van der Waals surface area contributed by atoms with Gasteiger partial charge >= 0.3 is 0 Å². The van der Waals surface area contributed by atoms with Crippen LogP contribution in [0.15, 0.2) is 71.3 Å². The lowest BCUT2D eigenvalue weighted by atomic mass is 10.1. The van der Waals surface area contributed by atoms with Crippen molar-refractivity contribution in [2.45, 2.75) is 6.04 Å². The Bertz CT molecular complexity index is 953. The average Bonchev–Trinajstić information content (AvgIpc) is 3.30. The van der Waals surface area contributed by atoms with Crippen molar-refractivity contribution in [3.63, 3.8) is 0 Å². The van der Waals surface area contributed by atoms with E-state index in [9.17, 15) is 9.18 Å². The first kappa shape index (κ1) is 20.4. The predicted octanol–water partition coefficient (Wildman–Crippen LogP) is 4.37. The van der Waals surface area contributed by atoms with Crippen LogP contribution in [-0.2, 0) is 0 Å². The maximum absolute atomic E-state index is 13.2. The Balaban J connectivity index is 1.40. The molecule has 30 heavy (non-hydrogen) atoms. The molecule has 2 heterocycles. The first-order chi connectivity index (χ1) is 14.6. The number of piperazine rings is 1. The standard InChI is InChI=1S/C23H23ClFN3O2/c24-18-5-3-17(4-6-18)23(29)26-16-21(22-2-1-15-30-22)28-13-11-27(12-14-28)20-9-7-19(25)8-10-20/h1-10,15,21H,11-14,16H2,(H,26,29)/t21-/m1/s1. The van der Waals surface area contributed by atoms with E-state index >= 15 is 0 Å². The summed E-state index contributed by atoms with van der Waals surface area (Å²) < 4.78 is 18.9. The Morgan fingerprint density at radius 3 is 2.37 bits per heavy atom. The second-order valence-corrected chi connectivity index (χ2v) is 7.68. The van der Waals surface area contributed by atoms with Crippen molar-refractivity contribution in [2.24, 2.45) is 0 Å². The number of rotatable bonds is 6. The predicted molar refractivity (Wildman–Crippen MR) is 115 cm³/mol. The zero-order chi connectivity index (χ0) is 20.9. The molecule has 0 saturated carbocycles. The minimum absolute atomic E-state index is 0.0633. The molecule has 1 aliphatic heterocycles. The summed E-state index contributed by atoms with van der Waals surface area (Å²) >= 11 is 5.90. The molecule has 5 nitrogen and oxygen atoms in total. The number of hydrogen-bond donors (Lipinski definition) is 1. The summed E-state index contributed by atoms with van der Waals surface area (Å²) in [5.74, 6) is 0.446. The minimum atomic E-state index is -0.230. The van der Waals surface area contributed by atoms with Gasteiger partial charge < -0.3 is 14.6 Å². The normalized spacial score (nSPS) is 15.7. The molecule has 0 radical (unpaired) electrons. The van der Waals surface area contributed by atoms with E-state index in [1.165, 1.54) is 12.1 Å². The largest absolute Gasteiger partial charge is 0.468 e. The molecule has 1 aromatic heterocycles. The number of carbonyl (C=O) groups is 1. The van der Waals surface area contributed by atoms with Crippen molar-refractivity contribution in [3.8, 4) is 0 Å². The van der Waals surface area contributed by atoms with Crippen LogP contribution in [0.5, 0.6) is 0 Å². The number of benzene rings is 2. The van der Waals surface area contributed by atoms with Crippen LogP contribution in [0.4, 0.5) is 10.1 Å². The lowest BCUT2D eigenvalue weighted by Crippen LogP contribution is -2.49. The summed E-state index contributed by atoms with van der Waals surface area (Å²) in [5.41, 5.74) is 1.58. The van der Waals surface area contributed by atoms with Gasteiger partial charge in [0.25, 0.3) is 5.91 Å². The highest BCUT2D eigenvalue weighted by Crippen LogP contribution is 2.24. The Morgan fingerprint density at radius 1 is 1.03 bits per heavy atom. The summed E-state index contributed by atoms with van der Waals surface area (Å²) in [6, 6.07) is 17.1. The van der Waals surface area contributed by atoms with Gasteiger partial charge in [0.15, 0.2) is 0 Å². The molecule has 1 fully saturated rings. The molecule has 1 amide bonds.